The smallest absolute Gasteiger partial charge is 0.252 e. The Kier molecular flexibility index (Phi) is 6.38. The lowest BCUT2D eigenvalue weighted by Gasteiger charge is -2.21. The van der Waals surface area contributed by atoms with Gasteiger partial charge in [0.25, 0.3) is 5.91 Å². The van der Waals surface area contributed by atoms with Crippen LogP contribution in [-0.4, -0.2) is 51.0 Å². The molecule has 0 spiro atoms. The van der Waals surface area contributed by atoms with Crippen molar-refractivity contribution in [3.05, 3.63) is 23.9 Å². The Balaban J connectivity index is 1.84. The lowest BCUT2D eigenvalue weighted by atomic mass is 10.2. The van der Waals surface area contributed by atoms with Crippen molar-refractivity contribution in [3.63, 3.8) is 0 Å². The van der Waals surface area contributed by atoms with Crippen molar-refractivity contribution in [3.8, 4) is 0 Å². The highest BCUT2D eigenvalue weighted by molar-refractivity contribution is 7.90. The van der Waals surface area contributed by atoms with Crippen molar-refractivity contribution in [2.75, 3.05) is 36.5 Å². The van der Waals surface area contributed by atoms with Gasteiger partial charge in [0.1, 0.15) is 15.7 Å². The maximum atomic E-state index is 12.0. The molecular weight excluding hydrogens is 314 g/mol. The number of nitrogens with zero attached hydrogens (tertiary/aromatic N) is 2. The first kappa shape index (κ1) is 17.7. The summed E-state index contributed by atoms with van der Waals surface area (Å²) in [6, 6.07) is 3.66. The van der Waals surface area contributed by atoms with Crippen LogP contribution >= 0.6 is 0 Å². The summed E-state index contributed by atoms with van der Waals surface area (Å²) in [7, 11) is -2.98. The molecule has 1 aromatic rings. The Morgan fingerprint density at radius 1 is 1.22 bits per heavy atom. The first-order chi connectivity index (χ1) is 11.0. The van der Waals surface area contributed by atoms with Crippen LogP contribution in [0.2, 0.25) is 0 Å². The van der Waals surface area contributed by atoms with E-state index in [1.165, 1.54) is 31.9 Å². The molecule has 2 rings (SSSR count). The molecule has 7 heteroatoms. The SMILES string of the molecule is CS(=O)(=O)CCCNC(=O)c1ccc(N2CCCCCC2)nc1. The summed E-state index contributed by atoms with van der Waals surface area (Å²) in [6.45, 7) is 2.38. The Morgan fingerprint density at radius 3 is 2.48 bits per heavy atom. The molecule has 0 aromatic carbocycles. The number of sulfone groups is 1. The average molecular weight is 339 g/mol. The standard InChI is InChI=1S/C16H25N3O3S/c1-23(21,22)12-6-9-17-16(20)14-7-8-15(18-13-14)19-10-4-2-3-5-11-19/h7-8,13H,2-6,9-12H2,1H3,(H,17,20). The topological polar surface area (TPSA) is 79.4 Å². The van der Waals surface area contributed by atoms with Crippen molar-refractivity contribution in [2.45, 2.75) is 32.1 Å². The number of pyridine rings is 1. The molecule has 0 atom stereocenters. The monoisotopic (exact) mass is 339 g/mol. The summed E-state index contributed by atoms with van der Waals surface area (Å²) in [5.41, 5.74) is 0.503. The van der Waals surface area contributed by atoms with Gasteiger partial charge in [-0.1, -0.05) is 12.8 Å². The van der Waals surface area contributed by atoms with Gasteiger partial charge >= 0.3 is 0 Å². The van der Waals surface area contributed by atoms with Crippen molar-refractivity contribution in [1.29, 1.82) is 0 Å². The molecule has 1 amide bonds. The van der Waals surface area contributed by atoms with Gasteiger partial charge in [-0.15, -0.1) is 0 Å². The zero-order chi connectivity index (χ0) is 16.7. The van der Waals surface area contributed by atoms with Crippen molar-refractivity contribution < 1.29 is 13.2 Å². The largest absolute Gasteiger partial charge is 0.357 e. The van der Waals surface area contributed by atoms with Gasteiger partial charge in [-0.05, 0) is 31.4 Å². The predicted molar refractivity (Wildman–Crippen MR) is 91.6 cm³/mol. The van der Waals surface area contributed by atoms with Gasteiger partial charge in [-0.2, -0.15) is 0 Å². The van der Waals surface area contributed by atoms with Crippen LogP contribution in [0, 0.1) is 0 Å². The zero-order valence-electron chi connectivity index (χ0n) is 13.6. The number of aromatic nitrogens is 1. The molecule has 0 radical (unpaired) electrons. The molecule has 128 valence electrons. The third kappa shape index (κ3) is 6.17. The summed E-state index contributed by atoms with van der Waals surface area (Å²) < 4.78 is 22.1. The maximum absolute atomic E-state index is 12.0. The molecule has 1 saturated heterocycles. The molecular formula is C16H25N3O3S. The van der Waals surface area contributed by atoms with E-state index in [1.54, 1.807) is 12.3 Å². The first-order valence-electron chi connectivity index (χ1n) is 8.13. The molecule has 2 heterocycles. The molecule has 23 heavy (non-hydrogen) atoms. The van der Waals surface area contributed by atoms with Gasteiger partial charge in [0, 0.05) is 32.1 Å². The highest BCUT2D eigenvalue weighted by Crippen LogP contribution is 2.17. The molecule has 1 aliphatic rings. The highest BCUT2D eigenvalue weighted by atomic mass is 32.2. The summed E-state index contributed by atoms with van der Waals surface area (Å²) in [5, 5.41) is 2.72. The zero-order valence-corrected chi connectivity index (χ0v) is 14.4. The van der Waals surface area contributed by atoms with Gasteiger partial charge in [-0.25, -0.2) is 13.4 Å². The van der Waals surface area contributed by atoms with Crippen LogP contribution < -0.4 is 10.2 Å². The van der Waals surface area contributed by atoms with E-state index >= 15 is 0 Å². The minimum Gasteiger partial charge on any atom is -0.357 e. The number of rotatable bonds is 6. The van der Waals surface area contributed by atoms with Gasteiger partial charge < -0.3 is 10.2 Å². The van der Waals surface area contributed by atoms with E-state index in [1.807, 2.05) is 6.07 Å². The molecule has 0 unspecified atom stereocenters. The number of hydrogen-bond acceptors (Lipinski definition) is 5. The minimum absolute atomic E-state index is 0.0828. The van der Waals surface area contributed by atoms with E-state index in [0.717, 1.165) is 18.9 Å². The van der Waals surface area contributed by atoms with E-state index in [9.17, 15) is 13.2 Å². The van der Waals surface area contributed by atoms with Crippen LogP contribution in [0.4, 0.5) is 5.82 Å². The second kappa shape index (κ2) is 8.29. The van der Waals surface area contributed by atoms with E-state index in [-0.39, 0.29) is 11.7 Å². The normalized spacial score (nSPS) is 16.0. The second-order valence-corrected chi connectivity index (χ2v) is 8.31. The van der Waals surface area contributed by atoms with Gasteiger partial charge in [0.2, 0.25) is 0 Å². The molecule has 1 aliphatic heterocycles. The Bertz CT molecular complexity index is 606. The van der Waals surface area contributed by atoms with E-state index in [0.29, 0.717) is 18.5 Å². The Morgan fingerprint density at radius 2 is 1.91 bits per heavy atom. The number of amides is 1. The number of anilines is 1. The highest BCUT2D eigenvalue weighted by Gasteiger charge is 2.12. The Hall–Kier alpha value is -1.63. The quantitative estimate of drug-likeness (QED) is 0.797. The van der Waals surface area contributed by atoms with Gasteiger partial charge in [-0.3, -0.25) is 4.79 Å². The summed E-state index contributed by atoms with van der Waals surface area (Å²) >= 11 is 0. The third-order valence-electron chi connectivity index (χ3n) is 3.92. The molecule has 0 bridgehead atoms. The molecule has 1 fully saturated rings. The van der Waals surface area contributed by atoms with E-state index in [4.69, 9.17) is 0 Å². The van der Waals surface area contributed by atoms with Crippen molar-refractivity contribution >= 4 is 21.6 Å². The molecule has 0 saturated carbocycles. The second-order valence-electron chi connectivity index (χ2n) is 6.05. The first-order valence-corrected chi connectivity index (χ1v) is 10.2. The van der Waals surface area contributed by atoms with Gasteiger partial charge in [0.05, 0.1) is 11.3 Å². The van der Waals surface area contributed by atoms with Crippen LogP contribution in [0.1, 0.15) is 42.5 Å². The minimum atomic E-state index is -2.98. The molecule has 6 nitrogen and oxygen atoms in total. The molecule has 0 aliphatic carbocycles. The number of nitrogens with one attached hydrogen (secondary N) is 1. The van der Waals surface area contributed by atoms with E-state index < -0.39 is 9.84 Å². The average Bonchev–Trinajstić information content (AvgIpc) is 2.80. The van der Waals surface area contributed by atoms with Crippen molar-refractivity contribution in [1.82, 2.24) is 10.3 Å². The lowest BCUT2D eigenvalue weighted by molar-refractivity contribution is 0.0953. The summed E-state index contributed by atoms with van der Waals surface area (Å²) in [6.07, 6.45) is 8.11. The molecule has 1 N–H and O–H groups in total. The summed E-state index contributed by atoms with van der Waals surface area (Å²) in [5.74, 6) is 0.785. The number of carbonyl (C=O) groups excluding carboxylic acids is 1. The van der Waals surface area contributed by atoms with Gasteiger partial charge in [0.15, 0.2) is 0 Å². The fraction of sp³-hybridized carbons (Fsp3) is 0.625. The fourth-order valence-electron chi connectivity index (χ4n) is 2.65. The summed E-state index contributed by atoms with van der Waals surface area (Å²) in [4.78, 5) is 18.7. The van der Waals surface area contributed by atoms with Crippen LogP contribution in [0.3, 0.4) is 0 Å². The van der Waals surface area contributed by atoms with Crippen LogP contribution in [0.25, 0.3) is 0 Å². The predicted octanol–water partition coefficient (Wildman–Crippen LogP) is 1.63. The van der Waals surface area contributed by atoms with Crippen molar-refractivity contribution in [2.24, 2.45) is 0 Å². The lowest BCUT2D eigenvalue weighted by Crippen LogP contribution is -2.27. The van der Waals surface area contributed by atoms with Crippen LogP contribution in [-0.2, 0) is 9.84 Å². The Labute approximate surface area is 138 Å². The van der Waals surface area contributed by atoms with Crippen LogP contribution in [0.5, 0.6) is 0 Å². The molecule has 1 aromatic heterocycles. The maximum Gasteiger partial charge on any atom is 0.252 e. The fourth-order valence-corrected chi connectivity index (χ4v) is 3.31. The number of carbonyl (C=O) groups is 1. The number of hydrogen-bond donors (Lipinski definition) is 1. The third-order valence-corrected chi connectivity index (χ3v) is 4.95. The van der Waals surface area contributed by atoms with E-state index in [2.05, 4.69) is 15.2 Å². The van der Waals surface area contributed by atoms with Crippen LogP contribution in [0.15, 0.2) is 18.3 Å².